The Labute approximate surface area is 123 Å². The number of ether oxygens (including phenoxy) is 2. The third-order valence-corrected chi connectivity index (χ3v) is 3.46. The Kier molecular flexibility index (Phi) is 5.16. The van der Waals surface area contributed by atoms with E-state index in [1.165, 1.54) is 0 Å². The second-order valence-electron chi connectivity index (χ2n) is 5.11. The minimum absolute atomic E-state index is 0.104. The van der Waals surface area contributed by atoms with Gasteiger partial charge in [-0.15, -0.1) is 0 Å². The molecule has 1 aliphatic heterocycles. The summed E-state index contributed by atoms with van der Waals surface area (Å²) in [7, 11) is 0. The highest BCUT2D eigenvalue weighted by atomic mass is 16.5. The lowest BCUT2D eigenvalue weighted by atomic mass is 9.86. The number of benzene rings is 1. The van der Waals surface area contributed by atoms with Gasteiger partial charge in [0.1, 0.15) is 5.75 Å². The van der Waals surface area contributed by atoms with Crippen LogP contribution < -0.4 is 10.1 Å². The van der Waals surface area contributed by atoms with Crippen LogP contribution in [0.25, 0.3) is 0 Å². The Morgan fingerprint density at radius 1 is 1.24 bits per heavy atom. The van der Waals surface area contributed by atoms with E-state index in [9.17, 15) is 9.59 Å². The molecule has 1 amide bonds. The Morgan fingerprint density at radius 2 is 1.90 bits per heavy atom. The summed E-state index contributed by atoms with van der Waals surface area (Å²) in [5, 5.41) is 11.8. The van der Waals surface area contributed by atoms with Crippen LogP contribution in [-0.2, 0) is 14.3 Å². The van der Waals surface area contributed by atoms with Gasteiger partial charge < -0.3 is 19.9 Å². The second kappa shape index (κ2) is 7.08. The maximum absolute atomic E-state index is 12.0. The van der Waals surface area contributed by atoms with E-state index in [0.717, 1.165) is 0 Å². The van der Waals surface area contributed by atoms with E-state index in [2.05, 4.69) is 5.32 Å². The van der Waals surface area contributed by atoms with Gasteiger partial charge in [-0.3, -0.25) is 9.59 Å². The van der Waals surface area contributed by atoms with Crippen LogP contribution in [0.2, 0.25) is 0 Å². The molecule has 0 spiro atoms. The van der Waals surface area contributed by atoms with Crippen molar-refractivity contribution in [3.05, 3.63) is 30.3 Å². The lowest BCUT2D eigenvalue weighted by molar-refractivity contribution is -0.140. The number of aliphatic carboxylic acids is 1. The monoisotopic (exact) mass is 293 g/mol. The van der Waals surface area contributed by atoms with Crippen molar-refractivity contribution >= 4 is 11.9 Å². The summed E-state index contributed by atoms with van der Waals surface area (Å²) >= 11 is 0. The summed E-state index contributed by atoms with van der Waals surface area (Å²) < 4.78 is 10.6. The van der Waals surface area contributed by atoms with Crippen molar-refractivity contribution in [3.8, 4) is 5.75 Å². The van der Waals surface area contributed by atoms with Gasteiger partial charge in [0.05, 0.1) is 12.0 Å². The highest BCUT2D eigenvalue weighted by molar-refractivity contribution is 5.79. The molecule has 21 heavy (non-hydrogen) atoms. The van der Waals surface area contributed by atoms with E-state index < -0.39 is 11.5 Å². The number of carboxylic acids is 1. The van der Waals surface area contributed by atoms with E-state index >= 15 is 0 Å². The van der Waals surface area contributed by atoms with Crippen molar-refractivity contribution in [1.82, 2.24) is 5.32 Å². The molecule has 1 fully saturated rings. The summed E-state index contributed by atoms with van der Waals surface area (Å²) in [5.74, 6) is -0.643. The molecule has 0 radical (unpaired) electrons. The van der Waals surface area contributed by atoms with Crippen LogP contribution >= 0.6 is 0 Å². The van der Waals surface area contributed by atoms with Gasteiger partial charge >= 0.3 is 5.97 Å². The van der Waals surface area contributed by atoms with E-state index in [0.29, 0.717) is 31.8 Å². The number of carbonyl (C=O) groups is 2. The van der Waals surface area contributed by atoms with E-state index in [4.69, 9.17) is 14.6 Å². The maximum atomic E-state index is 12.0. The SMILES string of the molecule is O=C(O)CC1(NC(=O)COc2ccccc2)CCOCC1. The largest absolute Gasteiger partial charge is 0.484 e. The van der Waals surface area contributed by atoms with E-state index in [1.54, 1.807) is 12.1 Å². The minimum atomic E-state index is -0.929. The highest BCUT2D eigenvalue weighted by Crippen LogP contribution is 2.24. The van der Waals surface area contributed by atoms with Crippen molar-refractivity contribution in [2.45, 2.75) is 24.8 Å². The number of carboxylic acid groups (broad SMARTS) is 1. The molecule has 0 aromatic heterocycles. The van der Waals surface area contributed by atoms with Crippen LogP contribution in [0.1, 0.15) is 19.3 Å². The number of para-hydroxylation sites is 1. The van der Waals surface area contributed by atoms with Crippen LogP contribution in [-0.4, -0.2) is 42.3 Å². The third-order valence-electron chi connectivity index (χ3n) is 3.46. The lowest BCUT2D eigenvalue weighted by Gasteiger charge is -2.36. The van der Waals surface area contributed by atoms with Crippen LogP contribution in [0, 0.1) is 0 Å². The van der Waals surface area contributed by atoms with E-state index in [-0.39, 0.29) is 18.9 Å². The molecule has 6 nitrogen and oxygen atoms in total. The van der Waals surface area contributed by atoms with Crippen molar-refractivity contribution in [2.24, 2.45) is 0 Å². The van der Waals surface area contributed by atoms with Crippen LogP contribution in [0.5, 0.6) is 5.75 Å². The van der Waals surface area contributed by atoms with Gasteiger partial charge in [0, 0.05) is 13.2 Å². The first-order valence-corrected chi connectivity index (χ1v) is 6.88. The minimum Gasteiger partial charge on any atom is -0.484 e. The molecule has 1 heterocycles. The Hall–Kier alpha value is -2.08. The predicted molar refractivity (Wildman–Crippen MR) is 75.1 cm³/mol. The number of amides is 1. The van der Waals surface area contributed by atoms with Crippen molar-refractivity contribution in [1.29, 1.82) is 0 Å². The first kappa shape index (κ1) is 15.3. The zero-order chi connectivity index (χ0) is 15.1. The average Bonchev–Trinajstić information content (AvgIpc) is 2.46. The molecule has 2 rings (SSSR count). The number of hydrogen-bond donors (Lipinski definition) is 2. The summed E-state index contributed by atoms with van der Waals surface area (Å²) in [6.07, 6.45) is 0.889. The van der Waals surface area contributed by atoms with Crippen molar-refractivity contribution < 1.29 is 24.2 Å². The maximum Gasteiger partial charge on any atom is 0.305 e. The molecule has 0 aliphatic carbocycles. The van der Waals surface area contributed by atoms with Crippen molar-refractivity contribution in [2.75, 3.05) is 19.8 Å². The smallest absolute Gasteiger partial charge is 0.305 e. The summed E-state index contributed by atoms with van der Waals surface area (Å²) in [5.41, 5.74) is -0.735. The zero-order valence-electron chi connectivity index (χ0n) is 11.7. The zero-order valence-corrected chi connectivity index (χ0v) is 11.7. The predicted octanol–water partition coefficient (Wildman–Crippen LogP) is 1.21. The molecule has 6 heteroatoms. The fraction of sp³-hybridized carbons (Fsp3) is 0.467. The summed E-state index contributed by atoms with van der Waals surface area (Å²) in [4.78, 5) is 23.0. The number of hydrogen-bond acceptors (Lipinski definition) is 4. The molecule has 1 saturated heterocycles. The average molecular weight is 293 g/mol. The Balaban J connectivity index is 1.90. The molecule has 0 unspecified atom stereocenters. The van der Waals surface area contributed by atoms with E-state index in [1.807, 2.05) is 18.2 Å². The van der Waals surface area contributed by atoms with Crippen LogP contribution in [0.4, 0.5) is 0 Å². The fourth-order valence-corrected chi connectivity index (χ4v) is 2.40. The molecule has 1 aliphatic rings. The second-order valence-corrected chi connectivity index (χ2v) is 5.11. The lowest BCUT2D eigenvalue weighted by Crippen LogP contribution is -2.54. The molecule has 114 valence electrons. The molecule has 2 N–H and O–H groups in total. The van der Waals surface area contributed by atoms with Gasteiger partial charge in [-0.2, -0.15) is 0 Å². The first-order chi connectivity index (χ1) is 10.1. The molecule has 0 saturated carbocycles. The molecule has 0 bridgehead atoms. The van der Waals surface area contributed by atoms with Crippen molar-refractivity contribution in [3.63, 3.8) is 0 Å². The third kappa shape index (κ3) is 4.75. The van der Waals surface area contributed by atoms with Gasteiger partial charge in [0.2, 0.25) is 0 Å². The Morgan fingerprint density at radius 3 is 2.52 bits per heavy atom. The Bertz CT molecular complexity index is 482. The van der Waals surface area contributed by atoms with Crippen LogP contribution in [0.15, 0.2) is 30.3 Å². The number of rotatable bonds is 6. The van der Waals surface area contributed by atoms with Gasteiger partial charge in [0.25, 0.3) is 5.91 Å². The molecule has 0 atom stereocenters. The quantitative estimate of drug-likeness (QED) is 0.823. The molecular formula is C15H19NO5. The van der Waals surface area contributed by atoms with Gasteiger partial charge in [-0.05, 0) is 25.0 Å². The number of nitrogens with one attached hydrogen (secondary N) is 1. The topological polar surface area (TPSA) is 84.9 Å². The van der Waals surface area contributed by atoms with Crippen LogP contribution in [0.3, 0.4) is 0 Å². The summed E-state index contributed by atoms with van der Waals surface area (Å²) in [6, 6.07) is 9.01. The van der Waals surface area contributed by atoms with Gasteiger partial charge in [-0.1, -0.05) is 18.2 Å². The van der Waals surface area contributed by atoms with Gasteiger partial charge in [-0.25, -0.2) is 0 Å². The molecular weight excluding hydrogens is 274 g/mol. The highest BCUT2D eigenvalue weighted by Gasteiger charge is 2.36. The summed E-state index contributed by atoms with van der Waals surface area (Å²) in [6.45, 7) is 0.770. The molecule has 1 aromatic carbocycles. The molecule has 1 aromatic rings. The standard InChI is InChI=1S/C15H19NO5/c17-13(11-21-12-4-2-1-3-5-12)16-15(10-14(18)19)6-8-20-9-7-15/h1-5H,6-11H2,(H,16,17)(H,18,19). The fourth-order valence-electron chi connectivity index (χ4n) is 2.40. The number of carbonyl (C=O) groups excluding carboxylic acids is 1. The van der Waals surface area contributed by atoms with Gasteiger partial charge in [0.15, 0.2) is 6.61 Å². The first-order valence-electron chi connectivity index (χ1n) is 6.88. The normalized spacial score (nSPS) is 17.0.